The monoisotopic (exact) mass is 848 g/mol. The van der Waals surface area contributed by atoms with Gasteiger partial charge in [-0.25, -0.2) is 4.39 Å². The van der Waals surface area contributed by atoms with E-state index in [9.17, 15) is 4.39 Å². The fraction of sp³-hybridized carbons (Fsp3) is 0.0476. The molecule has 1 aliphatic rings. The van der Waals surface area contributed by atoms with Gasteiger partial charge in [0.25, 0.3) is 0 Å². The Kier molecular flexibility index (Phi) is 9.39. The molecule has 0 radical (unpaired) electrons. The van der Waals surface area contributed by atoms with Gasteiger partial charge < -0.3 is 9.47 Å². The third-order valence-electron chi connectivity index (χ3n) is 13.7. The molecule has 0 aliphatic heterocycles. The fourth-order valence-electron chi connectivity index (χ4n) is 10.5. The maximum Gasteiger partial charge on any atom is 0.123 e. The predicted octanol–water partition coefficient (Wildman–Crippen LogP) is 17.4. The summed E-state index contributed by atoms with van der Waals surface area (Å²) in [6.45, 7) is 4.61. The molecule has 0 N–H and O–H groups in total. The molecule has 0 atom stereocenters. The summed E-state index contributed by atoms with van der Waals surface area (Å²) in [4.78, 5) is 2.24. The summed E-state index contributed by atoms with van der Waals surface area (Å²) in [5.41, 5.74) is 19.5. The molecule has 2 nitrogen and oxygen atoms in total. The van der Waals surface area contributed by atoms with Crippen molar-refractivity contribution in [3.63, 3.8) is 0 Å². The van der Waals surface area contributed by atoms with Crippen LogP contribution in [0.25, 0.3) is 83.1 Å². The lowest BCUT2D eigenvalue weighted by Gasteiger charge is -2.28. The van der Waals surface area contributed by atoms with Gasteiger partial charge in [0, 0.05) is 44.5 Å². The molecule has 3 heteroatoms. The van der Waals surface area contributed by atoms with E-state index < -0.39 is 0 Å². The van der Waals surface area contributed by atoms with E-state index in [0.29, 0.717) is 0 Å². The van der Waals surface area contributed by atoms with Gasteiger partial charge in [0.15, 0.2) is 0 Å². The Morgan fingerprint density at radius 3 is 1.61 bits per heavy atom. The molecule has 11 aromatic rings. The van der Waals surface area contributed by atoms with Crippen molar-refractivity contribution in [2.45, 2.75) is 19.3 Å². The zero-order valence-electron chi connectivity index (χ0n) is 36.8. The van der Waals surface area contributed by atoms with Crippen LogP contribution >= 0.6 is 0 Å². The molecular formula is C63H45FN2. The van der Waals surface area contributed by atoms with Crippen LogP contribution in [0.4, 0.5) is 21.5 Å². The van der Waals surface area contributed by atoms with Gasteiger partial charge in [0.05, 0.1) is 11.2 Å². The topological polar surface area (TPSA) is 8.17 Å². The Labute approximate surface area is 385 Å². The molecule has 0 amide bonds. The first kappa shape index (κ1) is 39.3. The van der Waals surface area contributed by atoms with Gasteiger partial charge in [-0.3, -0.25) is 0 Å². The smallest absolute Gasteiger partial charge is 0.123 e. The normalized spacial score (nSPS) is 12.6. The minimum atomic E-state index is -0.258. The van der Waals surface area contributed by atoms with Crippen LogP contribution in [0.1, 0.15) is 25.0 Å². The fourth-order valence-corrected chi connectivity index (χ4v) is 10.5. The largest absolute Gasteiger partial charge is 0.310 e. The number of anilines is 3. The molecule has 12 rings (SSSR count). The quantitative estimate of drug-likeness (QED) is 0.148. The minimum absolute atomic E-state index is 0.158. The van der Waals surface area contributed by atoms with Crippen LogP contribution in [-0.2, 0) is 5.41 Å². The van der Waals surface area contributed by atoms with Crippen LogP contribution in [0.3, 0.4) is 0 Å². The van der Waals surface area contributed by atoms with Crippen molar-refractivity contribution < 1.29 is 4.39 Å². The first-order chi connectivity index (χ1) is 32.4. The van der Waals surface area contributed by atoms with Gasteiger partial charge in [-0.05, 0) is 122 Å². The van der Waals surface area contributed by atoms with E-state index in [1.54, 1.807) is 12.1 Å². The van der Waals surface area contributed by atoms with Crippen LogP contribution in [0.5, 0.6) is 0 Å². The predicted molar refractivity (Wildman–Crippen MR) is 275 cm³/mol. The molecule has 314 valence electrons. The summed E-state index contributed by atoms with van der Waals surface area (Å²) >= 11 is 0. The number of halogens is 1. The van der Waals surface area contributed by atoms with E-state index in [4.69, 9.17) is 0 Å². The van der Waals surface area contributed by atoms with Crippen LogP contribution in [0, 0.1) is 5.82 Å². The van der Waals surface area contributed by atoms with Crippen molar-refractivity contribution in [3.8, 4) is 61.5 Å². The maximum absolute atomic E-state index is 14.4. The first-order valence-electron chi connectivity index (χ1n) is 22.7. The van der Waals surface area contributed by atoms with E-state index in [1.807, 2.05) is 12.1 Å². The summed E-state index contributed by atoms with van der Waals surface area (Å²) in [5, 5.41) is 3.55. The molecule has 10 aromatic carbocycles. The molecule has 0 saturated heterocycles. The highest BCUT2D eigenvalue weighted by Gasteiger charge is 2.36. The highest BCUT2D eigenvalue weighted by Crippen LogP contribution is 2.51. The van der Waals surface area contributed by atoms with Gasteiger partial charge >= 0.3 is 0 Å². The highest BCUT2D eigenvalue weighted by atomic mass is 19.1. The molecule has 0 fully saturated rings. The second-order valence-corrected chi connectivity index (χ2v) is 17.8. The van der Waals surface area contributed by atoms with Crippen molar-refractivity contribution in [2.75, 3.05) is 4.90 Å². The van der Waals surface area contributed by atoms with E-state index in [1.165, 1.54) is 66.2 Å². The van der Waals surface area contributed by atoms with Crippen LogP contribution < -0.4 is 4.90 Å². The van der Waals surface area contributed by atoms with Gasteiger partial charge in [-0.2, -0.15) is 0 Å². The zero-order valence-corrected chi connectivity index (χ0v) is 36.8. The number of fused-ring (bicyclic) bond motifs is 6. The molecular weight excluding hydrogens is 804 g/mol. The number of rotatable bonds is 8. The lowest BCUT2D eigenvalue weighted by molar-refractivity contribution is 0.628. The van der Waals surface area contributed by atoms with E-state index >= 15 is 0 Å². The maximum atomic E-state index is 14.4. The molecule has 1 aromatic heterocycles. The molecule has 0 unspecified atom stereocenters. The average Bonchev–Trinajstić information content (AvgIpc) is 3.84. The molecule has 1 heterocycles. The summed E-state index contributed by atoms with van der Waals surface area (Å²) in [5.74, 6) is -0.258. The van der Waals surface area contributed by atoms with E-state index in [-0.39, 0.29) is 11.2 Å². The van der Waals surface area contributed by atoms with Crippen LogP contribution in [0.15, 0.2) is 237 Å². The SMILES string of the molecule is CC1(C)c2ccccc2-c2ccc(N(c3ccc(F)cc3)c3ccc(-c4cccc5c4ccc4c(-c6ccccc6)c(-c6ccccc6)n(-c6ccc(-c7ccccc7)cc6)c45)cc3)cc21. The van der Waals surface area contributed by atoms with Crippen molar-refractivity contribution in [1.29, 1.82) is 0 Å². The standard InChI is InChI=1S/C63H45FN2/c1-63(2)58-24-13-12-21-54(58)55-38-37-51(41-59(55)63)65(49-35-29-47(64)30-36-49)48-33-27-44(28-34-48)52-22-14-23-56-53(52)39-40-57-60(45-17-8-4-9-18-45)61(46-19-10-5-11-20-46)66(62(56)57)50-31-25-43(26-32-50)42-15-6-3-7-16-42/h3-41H,1-2H3. The Bertz CT molecular complexity index is 3570. The lowest BCUT2D eigenvalue weighted by Crippen LogP contribution is -2.16. The minimum Gasteiger partial charge on any atom is -0.310 e. The Morgan fingerprint density at radius 2 is 0.909 bits per heavy atom. The molecule has 66 heavy (non-hydrogen) atoms. The van der Waals surface area contributed by atoms with E-state index in [2.05, 4.69) is 236 Å². The highest BCUT2D eigenvalue weighted by molar-refractivity contribution is 6.18. The number of benzene rings is 10. The van der Waals surface area contributed by atoms with Gasteiger partial charge in [0.1, 0.15) is 5.82 Å². The summed E-state index contributed by atoms with van der Waals surface area (Å²) in [6.07, 6.45) is 0. The summed E-state index contributed by atoms with van der Waals surface area (Å²) in [6, 6.07) is 83.7. The Morgan fingerprint density at radius 1 is 0.379 bits per heavy atom. The second kappa shape index (κ2) is 15.8. The summed E-state index contributed by atoms with van der Waals surface area (Å²) in [7, 11) is 0. The van der Waals surface area contributed by atoms with Crippen molar-refractivity contribution in [2.24, 2.45) is 0 Å². The van der Waals surface area contributed by atoms with Crippen molar-refractivity contribution in [3.05, 3.63) is 254 Å². The summed E-state index contributed by atoms with van der Waals surface area (Å²) < 4.78 is 16.9. The molecule has 0 saturated carbocycles. The van der Waals surface area contributed by atoms with Gasteiger partial charge in [0.2, 0.25) is 0 Å². The molecule has 0 spiro atoms. The average molecular weight is 849 g/mol. The van der Waals surface area contributed by atoms with E-state index in [0.717, 1.165) is 45.1 Å². The zero-order chi connectivity index (χ0) is 44.4. The Balaban J connectivity index is 1.02. The third-order valence-corrected chi connectivity index (χ3v) is 13.7. The second-order valence-electron chi connectivity index (χ2n) is 17.8. The van der Waals surface area contributed by atoms with Crippen molar-refractivity contribution in [1.82, 2.24) is 4.57 Å². The number of nitrogens with zero attached hydrogens (tertiary/aromatic N) is 2. The number of hydrogen-bond donors (Lipinski definition) is 0. The third kappa shape index (κ3) is 6.46. The van der Waals surface area contributed by atoms with Crippen LogP contribution in [-0.4, -0.2) is 4.57 Å². The number of hydrogen-bond acceptors (Lipinski definition) is 1. The van der Waals surface area contributed by atoms with Gasteiger partial charge in [-0.1, -0.05) is 190 Å². The lowest BCUT2D eigenvalue weighted by atomic mass is 9.82. The number of aromatic nitrogens is 1. The van der Waals surface area contributed by atoms with Gasteiger partial charge in [-0.15, -0.1) is 0 Å². The Hall–Kier alpha value is -8.27. The van der Waals surface area contributed by atoms with Crippen molar-refractivity contribution >= 4 is 38.7 Å². The molecule has 1 aliphatic carbocycles. The molecule has 0 bridgehead atoms. The van der Waals surface area contributed by atoms with Crippen LogP contribution in [0.2, 0.25) is 0 Å². The first-order valence-corrected chi connectivity index (χ1v) is 22.7.